The SMILES string of the molecule is Cc1cn(CCCOc2ccccc2C#N)c(=O)[nH]c1=O. The lowest BCUT2D eigenvalue weighted by Crippen LogP contribution is -2.31. The van der Waals surface area contributed by atoms with Crippen LogP contribution >= 0.6 is 0 Å². The van der Waals surface area contributed by atoms with Crippen LogP contribution < -0.4 is 16.0 Å². The van der Waals surface area contributed by atoms with E-state index in [9.17, 15) is 9.59 Å². The van der Waals surface area contributed by atoms with E-state index in [-0.39, 0.29) is 5.56 Å². The summed E-state index contributed by atoms with van der Waals surface area (Å²) in [7, 11) is 0. The van der Waals surface area contributed by atoms with Crippen molar-refractivity contribution >= 4 is 0 Å². The molecule has 0 radical (unpaired) electrons. The fraction of sp³-hybridized carbons (Fsp3) is 0.267. The van der Waals surface area contributed by atoms with Crippen molar-refractivity contribution in [1.29, 1.82) is 5.26 Å². The highest BCUT2D eigenvalue weighted by Crippen LogP contribution is 2.16. The summed E-state index contributed by atoms with van der Waals surface area (Å²) in [4.78, 5) is 25.1. The number of nitrogens with zero attached hydrogens (tertiary/aromatic N) is 2. The first-order valence-corrected chi connectivity index (χ1v) is 6.54. The van der Waals surface area contributed by atoms with E-state index in [1.165, 1.54) is 10.8 Å². The Morgan fingerprint density at radius 1 is 1.33 bits per heavy atom. The number of para-hydroxylation sites is 1. The van der Waals surface area contributed by atoms with Crippen LogP contribution in [0.3, 0.4) is 0 Å². The van der Waals surface area contributed by atoms with Gasteiger partial charge in [0.2, 0.25) is 0 Å². The monoisotopic (exact) mass is 285 g/mol. The van der Waals surface area contributed by atoms with Gasteiger partial charge in [-0.3, -0.25) is 9.78 Å². The van der Waals surface area contributed by atoms with Gasteiger partial charge >= 0.3 is 5.69 Å². The van der Waals surface area contributed by atoms with E-state index in [4.69, 9.17) is 10.00 Å². The van der Waals surface area contributed by atoms with Crippen LogP contribution in [0.1, 0.15) is 17.5 Å². The van der Waals surface area contributed by atoms with Crippen LogP contribution in [0.4, 0.5) is 0 Å². The number of aromatic nitrogens is 2. The first-order chi connectivity index (χ1) is 10.1. The summed E-state index contributed by atoms with van der Waals surface area (Å²) in [6.45, 7) is 2.46. The molecule has 0 fully saturated rings. The van der Waals surface area contributed by atoms with E-state index in [2.05, 4.69) is 11.1 Å². The van der Waals surface area contributed by atoms with Gasteiger partial charge in [0.25, 0.3) is 5.56 Å². The number of hydrogen-bond acceptors (Lipinski definition) is 4. The zero-order valence-corrected chi connectivity index (χ0v) is 11.6. The van der Waals surface area contributed by atoms with Crippen LogP contribution in [0, 0.1) is 18.3 Å². The van der Waals surface area contributed by atoms with Gasteiger partial charge in [0, 0.05) is 18.3 Å². The Bertz CT molecular complexity index is 784. The maximum Gasteiger partial charge on any atom is 0.328 e. The maximum atomic E-state index is 11.6. The number of aromatic amines is 1. The second-order valence-corrected chi connectivity index (χ2v) is 4.57. The molecule has 21 heavy (non-hydrogen) atoms. The van der Waals surface area contributed by atoms with Gasteiger partial charge in [-0.25, -0.2) is 4.79 Å². The summed E-state index contributed by atoms with van der Waals surface area (Å²) in [6, 6.07) is 9.04. The van der Waals surface area contributed by atoms with Crippen LogP contribution in [0.15, 0.2) is 40.1 Å². The van der Waals surface area contributed by atoms with E-state index in [1.807, 2.05) is 0 Å². The fourth-order valence-corrected chi connectivity index (χ4v) is 1.89. The molecule has 0 unspecified atom stereocenters. The van der Waals surface area contributed by atoms with E-state index in [0.717, 1.165) is 0 Å². The molecule has 1 aromatic carbocycles. The quantitative estimate of drug-likeness (QED) is 0.836. The Balaban J connectivity index is 1.94. The molecule has 0 saturated heterocycles. The summed E-state index contributed by atoms with van der Waals surface area (Å²) in [5, 5.41) is 8.94. The molecule has 1 N–H and O–H groups in total. The van der Waals surface area contributed by atoms with Crippen LogP contribution in [0.5, 0.6) is 5.75 Å². The number of nitriles is 1. The predicted molar refractivity (Wildman–Crippen MR) is 77.3 cm³/mol. The van der Waals surface area contributed by atoms with Crippen molar-refractivity contribution in [2.24, 2.45) is 0 Å². The normalized spacial score (nSPS) is 10.1. The molecule has 108 valence electrons. The van der Waals surface area contributed by atoms with Crippen LogP contribution in [0.2, 0.25) is 0 Å². The van der Waals surface area contributed by atoms with Crippen molar-refractivity contribution in [2.75, 3.05) is 6.61 Å². The third-order valence-corrected chi connectivity index (χ3v) is 3.00. The molecular formula is C15H15N3O3. The van der Waals surface area contributed by atoms with E-state index in [0.29, 0.717) is 36.4 Å². The summed E-state index contributed by atoms with van der Waals surface area (Å²) >= 11 is 0. The maximum absolute atomic E-state index is 11.6. The number of benzene rings is 1. The summed E-state index contributed by atoms with van der Waals surface area (Å²) < 4.78 is 6.97. The molecule has 6 nitrogen and oxygen atoms in total. The Kier molecular flexibility index (Phi) is 4.57. The highest BCUT2D eigenvalue weighted by Gasteiger charge is 2.03. The average molecular weight is 285 g/mol. The van der Waals surface area contributed by atoms with Crippen LogP contribution in [-0.4, -0.2) is 16.2 Å². The van der Waals surface area contributed by atoms with Gasteiger partial charge in [0.15, 0.2) is 0 Å². The van der Waals surface area contributed by atoms with Gasteiger partial charge < -0.3 is 9.30 Å². The third kappa shape index (κ3) is 3.60. The number of H-pyrrole nitrogens is 1. The Morgan fingerprint density at radius 3 is 2.86 bits per heavy atom. The zero-order chi connectivity index (χ0) is 15.2. The standard InChI is InChI=1S/C15H15N3O3/c1-11-10-18(15(20)17-14(11)19)7-4-8-21-13-6-3-2-5-12(13)9-16/h2-3,5-6,10H,4,7-8H2,1H3,(H,17,19,20). The summed E-state index contributed by atoms with van der Waals surface area (Å²) in [6.07, 6.45) is 2.12. The lowest BCUT2D eigenvalue weighted by molar-refractivity contribution is 0.299. The first kappa shape index (κ1) is 14.6. The second kappa shape index (κ2) is 6.57. The molecule has 0 aliphatic rings. The van der Waals surface area contributed by atoms with E-state index >= 15 is 0 Å². The number of nitrogens with one attached hydrogen (secondary N) is 1. The minimum atomic E-state index is -0.428. The van der Waals surface area contributed by atoms with Crippen molar-refractivity contribution in [3.8, 4) is 11.8 Å². The van der Waals surface area contributed by atoms with Crippen LogP contribution in [-0.2, 0) is 6.54 Å². The van der Waals surface area contributed by atoms with Gasteiger partial charge in [0.1, 0.15) is 11.8 Å². The number of hydrogen-bond donors (Lipinski definition) is 1. The predicted octanol–water partition coefficient (Wildman–Crippen LogP) is 1.19. The smallest absolute Gasteiger partial charge is 0.328 e. The summed E-state index contributed by atoms with van der Waals surface area (Å²) in [5.41, 5.74) is 0.179. The Morgan fingerprint density at radius 2 is 2.10 bits per heavy atom. The van der Waals surface area contributed by atoms with Gasteiger partial charge in [-0.2, -0.15) is 5.26 Å². The molecule has 0 amide bonds. The van der Waals surface area contributed by atoms with Gasteiger partial charge in [-0.1, -0.05) is 12.1 Å². The van der Waals surface area contributed by atoms with Crippen molar-refractivity contribution in [2.45, 2.75) is 19.9 Å². The van der Waals surface area contributed by atoms with Crippen molar-refractivity contribution in [1.82, 2.24) is 9.55 Å². The van der Waals surface area contributed by atoms with Crippen LogP contribution in [0.25, 0.3) is 0 Å². The largest absolute Gasteiger partial charge is 0.492 e. The average Bonchev–Trinajstić information content (AvgIpc) is 2.49. The van der Waals surface area contributed by atoms with Gasteiger partial charge in [-0.05, 0) is 25.5 Å². The van der Waals surface area contributed by atoms with Crippen molar-refractivity contribution in [3.63, 3.8) is 0 Å². The van der Waals surface area contributed by atoms with E-state index < -0.39 is 5.69 Å². The first-order valence-electron chi connectivity index (χ1n) is 6.54. The van der Waals surface area contributed by atoms with Crippen molar-refractivity contribution in [3.05, 3.63) is 62.4 Å². The molecule has 1 heterocycles. The van der Waals surface area contributed by atoms with Gasteiger partial charge in [0.05, 0.1) is 12.2 Å². The third-order valence-electron chi connectivity index (χ3n) is 3.00. The topological polar surface area (TPSA) is 87.9 Å². The van der Waals surface area contributed by atoms with E-state index in [1.54, 1.807) is 31.2 Å². The number of ether oxygens (including phenoxy) is 1. The van der Waals surface area contributed by atoms with Crippen molar-refractivity contribution < 1.29 is 4.74 Å². The molecule has 0 spiro atoms. The molecule has 0 atom stereocenters. The lowest BCUT2D eigenvalue weighted by Gasteiger charge is -2.09. The highest BCUT2D eigenvalue weighted by atomic mass is 16.5. The molecular weight excluding hydrogens is 270 g/mol. The minimum absolute atomic E-state index is 0.365. The molecule has 2 rings (SSSR count). The second-order valence-electron chi connectivity index (χ2n) is 4.57. The molecule has 0 aliphatic heterocycles. The Labute approximate surface area is 121 Å². The number of aryl methyl sites for hydroxylation is 2. The minimum Gasteiger partial charge on any atom is -0.492 e. The summed E-state index contributed by atoms with van der Waals surface area (Å²) in [5.74, 6) is 0.532. The fourth-order valence-electron chi connectivity index (χ4n) is 1.89. The number of rotatable bonds is 5. The molecule has 0 saturated carbocycles. The molecule has 0 aliphatic carbocycles. The lowest BCUT2D eigenvalue weighted by atomic mass is 10.2. The molecule has 6 heteroatoms. The molecule has 1 aromatic heterocycles. The van der Waals surface area contributed by atoms with Gasteiger partial charge in [-0.15, -0.1) is 0 Å². The zero-order valence-electron chi connectivity index (χ0n) is 11.6. The highest BCUT2D eigenvalue weighted by molar-refractivity contribution is 5.42. The molecule has 2 aromatic rings. The Hall–Kier alpha value is -2.81. The molecule has 0 bridgehead atoms.